The van der Waals surface area contributed by atoms with Crippen LogP contribution in [0.2, 0.25) is 0 Å². The van der Waals surface area contributed by atoms with Gasteiger partial charge in [0.25, 0.3) is 0 Å². The molecule has 0 radical (unpaired) electrons. The molecule has 1 aromatic carbocycles. The SMILES string of the molecule is Cc1cccc([SiH2]B2OC(C)(C)C(C)(C)O2)c1C. The third kappa shape index (κ3) is 2.42. The van der Waals surface area contributed by atoms with E-state index in [4.69, 9.17) is 9.31 Å². The van der Waals surface area contributed by atoms with Crippen molar-refractivity contribution in [1.82, 2.24) is 0 Å². The monoisotopic (exact) mass is 262 g/mol. The predicted octanol–water partition coefficient (Wildman–Crippen LogP) is 1.69. The molecule has 18 heavy (non-hydrogen) atoms. The van der Waals surface area contributed by atoms with Gasteiger partial charge in [0.05, 0.1) is 11.2 Å². The fraction of sp³-hybridized carbons (Fsp3) is 0.571. The van der Waals surface area contributed by atoms with Gasteiger partial charge in [-0.25, -0.2) is 0 Å². The van der Waals surface area contributed by atoms with Crippen LogP contribution in [0.4, 0.5) is 0 Å². The van der Waals surface area contributed by atoms with Gasteiger partial charge in [0.15, 0.2) is 0 Å². The topological polar surface area (TPSA) is 18.5 Å². The van der Waals surface area contributed by atoms with E-state index >= 15 is 0 Å². The largest absolute Gasteiger partial charge is 0.431 e. The van der Waals surface area contributed by atoms with E-state index in [0.29, 0.717) is 0 Å². The highest BCUT2D eigenvalue weighted by Crippen LogP contribution is 2.36. The number of hydrogen-bond donors (Lipinski definition) is 0. The van der Waals surface area contributed by atoms with E-state index < -0.39 is 9.39 Å². The summed E-state index contributed by atoms with van der Waals surface area (Å²) in [6, 6.07) is 6.52. The zero-order chi connectivity index (χ0) is 13.6. The van der Waals surface area contributed by atoms with Gasteiger partial charge in [-0.1, -0.05) is 28.9 Å². The molecule has 0 spiro atoms. The van der Waals surface area contributed by atoms with E-state index in [2.05, 4.69) is 59.7 Å². The van der Waals surface area contributed by atoms with Crippen LogP contribution < -0.4 is 5.19 Å². The van der Waals surface area contributed by atoms with Crippen molar-refractivity contribution in [2.24, 2.45) is 0 Å². The standard InChI is InChI=1S/C14H23BO2Si/c1-10-8-7-9-12(11(10)2)18-15-16-13(3,4)14(5,6)17-15/h7-9H,18H2,1-6H3. The van der Waals surface area contributed by atoms with Gasteiger partial charge in [0.2, 0.25) is 0 Å². The molecule has 2 nitrogen and oxygen atoms in total. The summed E-state index contributed by atoms with van der Waals surface area (Å²) in [5.41, 5.74) is 2.35. The summed E-state index contributed by atoms with van der Waals surface area (Å²) < 4.78 is 12.2. The van der Waals surface area contributed by atoms with E-state index in [1.165, 1.54) is 16.3 Å². The van der Waals surface area contributed by atoms with Gasteiger partial charge in [-0.15, -0.1) is 0 Å². The first-order valence-electron chi connectivity index (χ1n) is 6.64. The highest BCUT2D eigenvalue weighted by atomic mass is 28.2. The van der Waals surface area contributed by atoms with Gasteiger partial charge < -0.3 is 9.31 Å². The maximum Gasteiger partial charge on any atom is 0.431 e. The molecule has 4 heteroatoms. The van der Waals surface area contributed by atoms with E-state index in [-0.39, 0.29) is 17.9 Å². The number of benzene rings is 1. The lowest BCUT2D eigenvalue weighted by Crippen LogP contribution is -2.41. The highest BCUT2D eigenvalue weighted by molar-refractivity contribution is 7.12. The minimum Gasteiger partial charge on any atom is -0.406 e. The minimum absolute atomic E-state index is 0.00417. The van der Waals surface area contributed by atoms with Crippen molar-refractivity contribution in [2.75, 3.05) is 0 Å². The van der Waals surface area contributed by atoms with Crippen LogP contribution >= 0.6 is 0 Å². The van der Waals surface area contributed by atoms with Crippen LogP contribution in [0.25, 0.3) is 0 Å². The zero-order valence-electron chi connectivity index (χ0n) is 12.3. The third-order valence-electron chi connectivity index (χ3n) is 4.41. The van der Waals surface area contributed by atoms with Crippen LogP contribution in [0.5, 0.6) is 0 Å². The quantitative estimate of drug-likeness (QED) is 0.755. The fourth-order valence-corrected chi connectivity index (χ4v) is 4.48. The molecule has 1 heterocycles. The second kappa shape index (κ2) is 4.51. The molecule has 0 unspecified atom stereocenters. The fourth-order valence-electron chi connectivity index (χ4n) is 2.26. The molecule has 0 N–H and O–H groups in total. The van der Waals surface area contributed by atoms with Crippen LogP contribution in [0.3, 0.4) is 0 Å². The van der Waals surface area contributed by atoms with Crippen LogP contribution in [0, 0.1) is 13.8 Å². The zero-order valence-corrected chi connectivity index (χ0v) is 13.7. The smallest absolute Gasteiger partial charge is 0.406 e. The lowest BCUT2D eigenvalue weighted by molar-refractivity contribution is 0.00578. The Labute approximate surface area is 113 Å². The molecule has 1 aliphatic rings. The molecule has 0 atom stereocenters. The Morgan fingerprint density at radius 1 is 1.00 bits per heavy atom. The molecule has 0 aromatic heterocycles. The van der Waals surface area contributed by atoms with E-state index in [1.54, 1.807) is 0 Å². The molecule has 0 aliphatic carbocycles. The van der Waals surface area contributed by atoms with Crippen molar-refractivity contribution >= 4 is 21.3 Å². The van der Waals surface area contributed by atoms with E-state index in [1.807, 2.05) is 0 Å². The van der Waals surface area contributed by atoms with E-state index in [0.717, 1.165) is 0 Å². The van der Waals surface area contributed by atoms with Gasteiger partial charge in [-0.2, -0.15) is 0 Å². The molecule has 1 saturated heterocycles. The summed E-state index contributed by atoms with van der Waals surface area (Å²) in [6.45, 7) is 12.8. The normalized spacial score (nSPS) is 22.0. The maximum absolute atomic E-state index is 6.10. The number of rotatable bonds is 2. The molecule has 0 bridgehead atoms. The summed E-state index contributed by atoms with van der Waals surface area (Å²) >= 11 is 0. The van der Waals surface area contributed by atoms with Crippen LogP contribution in [0.1, 0.15) is 38.8 Å². The summed E-state index contributed by atoms with van der Waals surface area (Å²) in [5, 5.41) is 1.45. The highest BCUT2D eigenvalue weighted by Gasteiger charge is 2.50. The Balaban J connectivity index is 2.15. The van der Waals surface area contributed by atoms with Crippen LogP contribution in [-0.2, 0) is 9.31 Å². The Morgan fingerprint density at radius 2 is 1.56 bits per heavy atom. The van der Waals surface area contributed by atoms with Crippen molar-refractivity contribution in [1.29, 1.82) is 0 Å². The first-order chi connectivity index (χ1) is 8.23. The summed E-state index contributed by atoms with van der Waals surface area (Å²) in [6.07, 6.45) is 0. The molecule has 98 valence electrons. The number of aryl methyl sites for hydroxylation is 1. The first kappa shape index (κ1) is 13.8. The van der Waals surface area contributed by atoms with Gasteiger partial charge in [0.1, 0.15) is 9.39 Å². The Morgan fingerprint density at radius 3 is 2.11 bits per heavy atom. The lowest BCUT2D eigenvalue weighted by Gasteiger charge is -2.32. The average Bonchev–Trinajstić information content (AvgIpc) is 2.43. The Kier molecular flexibility index (Phi) is 3.47. The molecular formula is C14H23BO2Si. The maximum atomic E-state index is 6.10. The molecular weight excluding hydrogens is 239 g/mol. The predicted molar refractivity (Wildman–Crippen MR) is 80.2 cm³/mol. The number of hydrogen-bond acceptors (Lipinski definition) is 2. The molecule has 1 fully saturated rings. The first-order valence-corrected chi connectivity index (χ1v) is 8.16. The molecule has 0 saturated carbocycles. The average molecular weight is 262 g/mol. The molecule has 1 aliphatic heterocycles. The lowest BCUT2D eigenvalue weighted by atomic mass is 9.90. The minimum atomic E-state index is -0.567. The second-order valence-corrected chi connectivity index (χ2v) is 8.09. The Hall–Kier alpha value is -0.578. The molecule has 2 rings (SSSR count). The second-order valence-electron chi connectivity index (χ2n) is 6.25. The molecule has 1 aromatic rings. The van der Waals surface area contributed by atoms with Gasteiger partial charge in [-0.3, -0.25) is 0 Å². The van der Waals surface area contributed by atoms with Crippen LogP contribution in [0.15, 0.2) is 18.2 Å². The summed E-state index contributed by atoms with van der Waals surface area (Å²) in [7, 11) is -0.567. The van der Waals surface area contributed by atoms with Crippen molar-refractivity contribution in [3.05, 3.63) is 29.3 Å². The van der Waals surface area contributed by atoms with Crippen LogP contribution in [-0.4, -0.2) is 27.3 Å². The van der Waals surface area contributed by atoms with E-state index in [9.17, 15) is 0 Å². The van der Waals surface area contributed by atoms with Crippen molar-refractivity contribution in [2.45, 2.75) is 52.7 Å². The Bertz CT molecular complexity index is 441. The molecule has 0 amide bonds. The van der Waals surface area contributed by atoms with Gasteiger partial charge in [-0.05, 0) is 47.1 Å². The summed E-state index contributed by atoms with van der Waals surface area (Å²) in [5.74, 6) is 0. The van der Waals surface area contributed by atoms with Crippen molar-refractivity contribution in [3.8, 4) is 0 Å². The van der Waals surface area contributed by atoms with Crippen molar-refractivity contribution < 1.29 is 9.31 Å². The van der Waals surface area contributed by atoms with Crippen molar-refractivity contribution in [3.63, 3.8) is 0 Å². The summed E-state index contributed by atoms with van der Waals surface area (Å²) in [4.78, 5) is 0. The van der Waals surface area contributed by atoms with Gasteiger partial charge in [0, 0.05) is 0 Å². The third-order valence-corrected chi connectivity index (χ3v) is 6.28. The van der Waals surface area contributed by atoms with Gasteiger partial charge >= 0.3 is 6.71 Å².